The molecule has 0 saturated heterocycles. The Morgan fingerprint density at radius 1 is 1.31 bits per heavy atom. The van der Waals surface area contributed by atoms with E-state index < -0.39 is 11.9 Å². The van der Waals surface area contributed by atoms with Crippen LogP contribution in [0.2, 0.25) is 0 Å². The number of carbonyl (C=O) groups excluding carboxylic acids is 2. The van der Waals surface area contributed by atoms with Crippen molar-refractivity contribution in [2.24, 2.45) is 0 Å². The van der Waals surface area contributed by atoms with E-state index in [-0.39, 0.29) is 0 Å². The van der Waals surface area contributed by atoms with E-state index in [4.69, 9.17) is 0 Å². The summed E-state index contributed by atoms with van der Waals surface area (Å²) in [5, 5.41) is 0. The second-order valence-electron chi connectivity index (χ2n) is 2.75. The second-order valence-corrected chi connectivity index (χ2v) is 2.75. The normalized spacial score (nSPS) is 9.38. The van der Waals surface area contributed by atoms with Gasteiger partial charge in [0.25, 0.3) is 0 Å². The SMILES string of the molecule is CC(=O)OC(=O)c1cccc(C)c1. The van der Waals surface area contributed by atoms with Crippen LogP contribution in [0.5, 0.6) is 0 Å². The van der Waals surface area contributed by atoms with Gasteiger partial charge >= 0.3 is 11.9 Å². The van der Waals surface area contributed by atoms with Crippen LogP contribution in [-0.4, -0.2) is 11.9 Å². The molecule has 3 heteroatoms. The first kappa shape index (κ1) is 9.45. The quantitative estimate of drug-likeness (QED) is 0.485. The largest absolute Gasteiger partial charge is 0.390 e. The van der Waals surface area contributed by atoms with Gasteiger partial charge in [0.05, 0.1) is 5.56 Å². The maximum Gasteiger partial charge on any atom is 0.345 e. The second kappa shape index (κ2) is 3.85. The number of ether oxygens (including phenoxy) is 1. The molecule has 0 spiro atoms. The van der Waals surface area contributed by atoms with E-state index in [1.165, 1.54) is 6.92 Å². The first-order valence-electron chi connectivity index (χ1n) is 3.89. The molecule has 0 saturated carbocycles. The first-order chi connectivity index (χ1) is 6.09. The van der Waals surface area contributed by atoms with Gasteiger partial charge in [0, 0.05) is 6.92 Å². The minimum absolute atomic E-state index is 0.398. The fraction of sp³-hybridized carbons (Fsp3) is 0.200. The van der Waals surface area contributed by atoms with Crippen molar-refractivity contribution in [1.82, 2.24) is 0 Å². The molecule has 1 rings (SSSR count). The molecule has 0 aliphatic heterocycles. The van der Waals surface area contributed by atoms with Gasteiger partial charge in [0.1, 0.15) is 0 Å². The molecule has 0 N–H and O–H groups in total. The van der Waals surface area contributed by atoms with Crippen LogP contribution in [0.4, 0.5) is 0 Å². The predicted octanol–water partition coefficient (Wildman–Crippen LogP) is 1.70. The van der Waals surface area contributed by atoms with Crippen LogP contribution in [0.15, 0.2) is 24.3 Å². The van der Waals surface area contributed by atoms with Crippen molar-refractivity contribution in [2.75, 3.05) is 0 Å². The summed E-state index contributed by atoms with van der Waals surface area (Å²) in [4.78, 5) is 21.6. The lowest BCUT2D eigenvalue weighted by atomic mass is 10.1. The van der Waals surface area contributed by atoms with E-state index in [0.717, 1.165) is 5.56 Å². The summed E-state index contributed by atoms with van der Waals surface area (Å²) in [5.74, 6) is -1.19. The third kappa shape index (κ3) is 2.71. The van der Waals surface area contributed by atoms with Crippen molar-refractivity contribution < 1.29 is 14.3 Å². The highest BCUT2D eigenvalue weighted by Gasteiger charge is 2.08. The van der Waals surface area contributed by atoms with E-state index in [2.05, 4.69) is 4.74 Å². The maximum absolute atomic E-state index is 11.2. The zero-order valence-corrected chi connectivity index (χ0v) is 7.53. The molecule has 0 atom stereocenters. The molecule has 0 aliphatic carbocycles. The molecule has 0 unspecified atom stereocenters. The molecule has 1 aromatic carbocycles. The third-order valence-electron chi connectivity index (χ3n) is 1.49. The monoisotopic (exact) mass is 178 g/mol. The molecule has 0 radical (unpaired) electrons. The Labute approximate surface area is 76.3 Å². The van der Waals surface area contributed by atoms with Crippen LogP contribution in [-0.2, 0) is 9.53 Å². The standard InChI is InChI=1S/C10H10O3/c1-7-4-3-5-9(6-7)10(12)13-8(2)11/h3-6H,1-2H3. The van der Waals surface area contributed by atoms with E-state index in [9.17, 15) is 9.59 Å². The highest BCUT2D eigenvalue weighted by atomic mass is 16.6. The van der Waals surface area contributed by atoms with Crippen LogP contribution in [0.25, 0.3) is 0 Å². The minimum atomic E-state index is -0.601. The Bertz CT molecular complexity index is 342. The molecule has 0 aliphatic rings. The third-order valence-corrected chi connectivity index (χ3v) is 1.49. The van der Waals surface area contributed by atoms with Gasteiger partial charge in [-0.3, -0.25) is 4.79 Å². The van der Waals surface area contributed by atoms with Gasteiger partial charge in [-0.25, -0.2) is 4.79 Å². The summed E-state index contributed by atoms with van der Waals surface area (Å²) < 4.78 is 4.41. The van der Waals surface area contributed by atoms with Crippen molar-refractivity contribution in [3.63, 3.8) is 0 Å². The number of hydrogen-bond donors (Lipinski definition) is 0. The van der Waals surface area contributed by atoms with Crippen molar-refractivity contribution in [2.45, 2.75) is 13.8 Å². The molecule has 1 aromatic rings. The zero-order chi connectivity index (χ0) is 9.84. The van der Waals surface area contributed by atoms with Crippen LogP contribution in [0.3, 0.4) is 0 Å². The lowest BCUT2D eigenvalue weighted by molar-refractivity contribution is -0.135. The number of rotatable bonds is 1. The summed E-state index contributed by atoms with van der Waals surface area (Å²) in [5.41, 5.74) is 1.35. The van der Waals surface area contributed by atoms with E-state index in [0.29, 0.717) is 5.56 Å². The Balaban J connectivity index is 2.83. The van der Waals surface area contributed by atoms with Gasteiger partial charge in [-0.05, 0) is 19.1 Å². The number of benzene rings is 1. The maximum atomic E-state index is 11.2. The fourth-order valence-electron chi connectivity index (χ4n) is 0.962. The minimum Gasteiger partial charge on any atom is -0.390 e. The van der Waals surface area contributed by atoms with Crippen LogP contribution >= 0.6 is 0 Å². The number of carbonyl (C=O) groups is 2. The summed E-state index contributed by atoms with van der Waals surface area (Å²) in [6.07, 6.45) is 0. The molecule has 0 aromatic heterocycles. The number of esters is 2. The Hall–Kier alpha value is -1.64. The molecule has 0 amide bonds. The van der Waals surface area contributed by atoms with Gasteiger partial charge in [0.2, 0.25) is 0 Å². The molecule has 0 fully saturated rings. The number of aryl methyl sites for hydroxylation is 1. The molecule has 3 nitrogen and oxygen atoms in total. The Morgan fingerprint density at radius 2 is 2.00 bits per heavy atom. The summed E-state index contributed by atoms with van der Waals surface area (Å²) in [6, 6.07) is 6.89. The van der Waals surface area contributed by atoms with E-state index >= 15 is 0 Å². The molecule has 68 valence electrons. The van der Waals surface area contributed by atoms with Crippen molar-refractivity contribution in [3.05, 3.63) is 35.4 Å². The Morgan fingerprint density at radius 3 is 2.54 bits per heavy atom. The highest BCUT2D eigenvalue weighted by molar-refractivity contribution is 5.96. The smallest absolute Gasteiger partial charge is 0.345 e. The topological polar surface area (TPSA) is 43.4 Å². The highest BCUT2D eigenvalue weighted by Crippen LogP contribution is 2.05. The van der Waals surface area contributed by atoms with Crippen molar-refractivity contribution in [3.8, 4) is 0 Å². The zero-order valence-electron chi connectivity index (χ0n) is 7.53. The van der Waals surface area contributed by atoms with Gasteiger partial charge in [-0.15, -0.1) is 0 Å². The number of hydrogen-bond acceptors (Lipinski definition) is 3. The Kier molecular flexibility index (Phi) is 2.80. The van der Waals surface area contributed by atoms with Crippen molar-refractivity contribution >= 4 is 11.9 Å². The van der Waals surface area contributed by atoms with Crippen molar-refractivity contribution in [1.29, 1.82) is 0 Å². The summed E-state index contributed by atoms with van der Waals surface area (Å²) in [7, 11) is 0. The van der Waals surface area contributed by atoms with Crippen LogP contribution < -0.4 is 0 Å². The summed E-state index contributed by atoms with van der Waals surface area (Å²) >= 11 is 0. The molecule has 0 heterocycles. The van der Waals surface area contributed by atoms with Gasteiger partial charge in [-0.1, -0.05) is 17.7 Å². The lowest BCUT2D eigenvalue weighted by Crippen LogP contribution is -2.09. The average molecular weight is 178 g/mol. The summed E-state index contributed by atoms with van der Waals surface area (Å²) in [6.45, 7) is 3.07. The first-order valence-corrected chi connectivity index (χ1v) is 3.89. The fourth-order valence-corrected chi connectivity index (χ4v) is 0.962. The van der Waals surface area contributed by atoms with Crippen LogP contribution in [0.1, 0.15) is 22.8 Å². The van der Waals surface area contributed by atoms with Gasteiger partial charge in [0.15, 0.2) is 0 Å². The van der Waals surface area contributed by atoms with E-state index in [1.54, 1.807) is 18.2 Å². The molecular formula is C10H10O3. The molecular weight excluding hydrogens is 168 g/mol. The average Bonchev–Trinajstić information content (AvgIpc) is 2.03. The molecule has 13 heavy (non-hydrogen) atoms. The molecule has 0 bridgehead atoms. The van der Waals surface area contributed by atoms with Crippen LogP contribution in [0, 0.1) is 6.92 Å². The lowest BCUT2D eigenvalue weighted by Gasteiger charge is -2.00. The van der Waals surface area contributed by atoms with E-state index in [1.807, 2.05) is 13.0 Å². The van der Waals surface area contributed by atoms with Gasteiger partial charge in [-0.2, -0.15) is 0 Å². The van der Waals surface area contributed by atoms with Gasteiger partial charge < -0.3 is 4.74 Å². The predicted molar refractivity (Wildman–Crippen MR) is 47.3 cm³/mol.